The molecule has 1 aliphatic rings. The van der Waals surface area contributed by atoms with Crippen LogP contribution in [0.3, 0.4) is 0 Å². The highest BCUT2D eigenvalue weighted by Crippen LogP contribution is 2.28. The van der Waals surface area contributed by atoms with Crippen molar-refractivity contribution >= 4 is 5.69 Å². The Morgan fingerprint density at radius 3 is 2.37 bits per heavy atom. The van der Waals surface area contributed by atoms with E-state index in [4.69, 9.17) is 4.74 Å². The van der Waals surface area contributed by atoms with Crippen LogP contribution in [0, 0.1) is 12.3 Å². The number of methoxy groups -OCH3 is 1. The molecule has 1 saturated heterocycles. The molecular weight excluding hydrogens is 236 g/mol. The van der Waals surface area contributed by atoms with Crippen LogP contribution in [-0.2, 0) is 0 Å². The van der Waals surface area contributed by atoms with Crippen LogP contribution < -0.4 is 9.64 Å². The largest absolute Gasteiger partial charge is 0.495 e. The predicted molar refractivity (Wildman–Crippen MR) is 80.8 cm³/mol. The molecule has 0 saturated carbocycles. The van der Waals surface area contributed by atoms with Crippen molar-refractivity contribution in [2.75, 3.05) is 44.7 Å². The molecule has 19 heavy (non-hydrogen) atoms. The third-order valence-electron chi connectivity index (χ3n) is 3.45. The Labute approximate surface area is 117 Å². The fourth-order valence-corrected chi connectivity index (χ4v) is 2.64. The topological polar surface area (TPSA) is 15.7 Å². The van der Waals surface area contributed by atoms with Gasteiger partial charge in [0.2, 0.25) is 0 Å². The first-order chi connectivity index (χ1) is 8.99. The van der Waals surface area contributed by atoms with Crippen molar-refractivity contribution < 1.29 is 4.74 Å². The second-order valence-electron chi connectivity index (χ2n) is 6.10. The van der Waals surface area contributed by atoms with Crippen LogP contribution >= 0.6 is 0 Å². The molecule has 1 aliphatic heterocycles. The summed E-state index contributed by atoms with van der Waals surface area (Å²) in [5.74, 6) is 0.966. The van der Waals surface area contributed by atoms with E-state index in [2.05, 4.69) is 42.7 Å². The van der Waals surface area contributed by atoms with E-state index in [1.54, 1.807) is 7.11 Å². The molecule has 0 N–H and O–H groups in total. The number of hydrogen-bond donors (Lipinski definition) is 0. The normalized spacial score (nSPS) is 17.6. The maximum Gasteiger partial charge on any atom is 0.142 e. The Balaban J connectivity index is 1.96. The number of nitrogens with zero attached hydrogens (tertiary/aromatic N) is 2. The summed E-state index contributed by atoms with van der Waals surface area (Å²) in [6, 6.07) is 8.26. The molecule has 0 aromatic heterocycles. The third-order valence-corrected chi connectivity index (χ3v) is 3.45. The summed E-state index contributed by atoms with van der Waals surface area (Å²) >= 11 is 0. The van der Waals surface area contributed by atoms with Crippen molar-refractivity contribution in [3.8, 4) is 5.75 Å². The predicted octanol–water partition coefficient (Wildman–Crippen LogP) is 2.68. The SMILES string of the molecule is [CH2]C(C)(C)CN1CCN(c2ccccc2OC)CC1. The minimum absolute atomic E-state index is 0.132. The van der Waals surface area contributed by atoms with E-state index in [9.17, 15) is 0 Å². The van der Waals surface area contributed by atoms with Gasteiger partial charge >= 0.3 is 0 Å². The molecule has 0 atom stereocenters. The Hall–Kier alpha value is -1.22. The van der Waals surface area contributed by atoms with Crippen LogP contribution in [0.1, 0.15) is 13.8 Å². The highest BCUT2D eigenvalue weighted by atomic mass is 16.5. The zero-order chi connectivity index (χ0) is 13.9. The molecule has 1 fully saturated rings. The summed E-state index contributed by atoms with van der Waals surface area (Å²) in [4.78, 5) is 4.91. The van der Waals surface area contributed by atoms with E-state index in [-0.39, 0.29) is 5.41 Å². The average Bonchev–Trinajstić information content (AvgIpc) is 2.38. The van der Waals surface area contributed by atoms with Crippen LogP contribution in [0.2, 0.25) is 0 Å². The van der Waals surface area contributed by atoms with Gasteiger partial charge in [-0.25, -0.2) is 0 Å². The van der Waals surface area contributed by atoms with Gasteiger partial charge < -0.3 is 9.64 Å². The summed E-state index contributed by atoms with van der Waals surface area (Å²) < 4.78 is 5.44. The minimum atomic E-state index is 0.132. The van der Waals surface area contributed by atoms with Crippen LogP contribution in [0.25, 0.3) is 0 Å². The molecule has 105 valence electrons. The lowest BCUT2D eigenvalue weighted by molar-refractivity contribution is 0.197. The fraction of sp³-hybridized carbons (Fsp3) is 0.562. The van der Waals surface area contributed by atoms with Gasteiger partial charge in [0, 0.05) is 32.7 Å². The van der Waals surface area contributed by atoms with Gasteiger partial charge in [0.05, 0.1) is 12.8 Å². The highest BCUT2D eigenvalue weighted by molar-refractivity contribution is 5.58. The van der Waals surface area contributed by atoms with E-state index in [1.165, 1.54) is 5.69 Å². The molecular formula is C16H25N2O. The molecule has 1 aromatic rings. The average molecular weight is 261 g/mol. The van der Waals surface area contributed by atoms with Gasteiger partial charge in [-0.3, -0.25) is 4.90 Å². The van der Waals surface area contributed by atoms with Gasteiger partial charge in [0.15, 0.2) is 0 Å². The van der Waals surface area contributed by atoms with Gasteiger partial charge in [0.1, 0.15) is 5.75 Å². The molecule has 1 heterocycles. The zero-order valence-electron chi connectivity index (χ0n) is 12.4. The summed E-state index contributed by atoms with van der Waals surface area (Å²) in [7, 11) is 1.74. The quantitative estimate of drug-likeness (QED) is 0.829. The number of benzene rings is 1. The molecule has 0 unspecified atom stereocenters. The number of piperazine rings is 1. The molecule has 0 amide bonds. The maximum absolute atomic E-state index is 5.44. The summed E-state index contributed by atoms with van der Waals surface area (Å²) in [6.07, 6.45) is 0. The van der Waals surface area contributed by atoms with Crippen LogP contribution in [-0.4, -0.2) is 44.7 Å². The fourth-order valence-electron chi connectivity index (χ4n) is 2.64. The van der Waals surface area contributed by atoms with E-state index < -0.39 is 0 Å². The Morgan fingerprint density at radius 1 is 1.16 bits per heavy atom. The van der Waals surface area contributed by atoms with Crippen molar-refractivity contribution in [3.63, 3.8) is 0 Å². The van der Waals surface area contributed by atoms with Gasteiger partial charge in [-0.15, -0.1) is 0 Å². The van der Waals surface area contributed by atoms with Gasteiger partial charge in [-0.05, 0) is 24.5 Å². The molecule has 3 nitrogen and oxygen atoms in total. The van der Waals surface area contributed by atoms with Crippen molar-refractivity contribution in [3.05, 3.63) is 31.2 Å². The maximum atomic E-state index is 5.44. The number of anilines is 1. The lowest BCUT2D eigenvalue weighted by Gasteiger charge is -2.39. The van der Waals surface area contributed by atoms with E-state index >= 15 is 0 Å². The standard InChI is InChI=1S/C16H25N2O/c1-16(2,3)13-17-9-11-18(12-10-17)14-7-5-6-8-15(14)19-4/h5-8H,1,9-13H2,2-4H3. The summed E-state index contributed by atoms with van der Waals surface area (Å²) in [5.41, 5.74) is 1.34. The van der Waals surface area contributed by atoms with Gasteiger partial charge in [-0.1, -0.05) is 26.0 Å². The zero-order valence-corrected chi connectivity index (χ0v) is 12.4. The minimum Gasteiger partial charge on any atom is -0.495 e. The second-order valence-corrected chi connectivity index (χ2v) is 6.10. The van der Waals surface area contributed by atoms with Gasteiger partial charge in [-0.2, -0.15) is 0 Å². The summed E-state index contributed by atoms with van der Waals surface area (Å²) in [6.45, 7) is 13.9. The number of hydrogen-bond acceptors (Lipinski definition) is 3. The van der Waals surface area contributed by atoms with Crippen LogP contribution in [0.5, 0.6) is 5.75 Å². The van der Waals surface area contributed by atoms with Crippen molar-refractivity contribution in [2.24, 2.45) is 5.41 Å². The molecule has 2 rings (SSSR count). The first-order valence-corrected chi connectivity index (χ1v) is 6.95. The lowest BCUT2D eigenvalue weighted by atomic mass is 9.96. The second kappa shape index (κ2) is 5.83. The Bertz CT molecular complexity index is 403. The monoisotopic (exact) mass is 261 g/mol. The number of para-hydroxylation sites is 2. The molecule has 1 radical (unpaired) electrons. The number of rotatable bonds is 4. The first kappa shape index (κ1) is 14.2. The van der Waals surface area contributed by atoms with Crippen molar-refractivity contribution in [1.82, 2.24) is 4.90 Å². The van der Waals surface area contributed by atoms with Crippen molar-refractivity contribution in [2.45, 2.75) is 13.8 Å². The van der Waals surface area contributed by atoms with Gasteiger partial charge in [0.25, 0.3) is 0 Å². The Kier molecular flexibility index (Phi) is 4.35. The van der Waals surface area contributed by atoms with E-state index in [0.29, 0.717) is 0 Å². The first-order valence-electron chi connectivity index (χ1n) is 6.95. The smallest absolute Gasteiger partial charge is 0.142 e. The molecule has 1 aromatic carbocycles. The third kappa shape index (κ3) is 3.87. The lowest BCUT2D eigenvalue weighted by Crippen LogP contribution is -2.48. The van der Waals surface area contributed by atoms with Crippen molar-refractivity contribution in [1.29, 1.82) is 0 Å². The Morgan fingerprint density at radius 2 is 1.79 bits per heavy atom. The molecule has 0 spiro atoms. The summed E-state index contributed by atoms with van der Waals surface area (Å²) in [5, 5.41) is 0. The van der Waals surface area contributed by atoms with Crippen LogP contribution in [0.15, 0.2) is 24.3 Å². The van der Waals surface area contributed by atoms with E-state index in [0.717, 1.165) is 38.5 Å². The molecule has 0 bridgehead atoms. The highest BCUT2D eigenvalue weighted by Gasteiger charge is 2.22. The van der Waals surface area contributed by atoms with Crippen LogP contribution in [0.4, 0.5) is 5.69 Å². The number of ether oxygens (including phenoxy) is 1. The molecule has 3 heteroatoms. The molecule has 0 aliphatic carbocycles. The van der Waals surface area contributed by atoms with E-state index in [1.807, 2.05) is 12.1 Å².